The molecule has 2 fully saturated rings. The molecule has 0 radical (unpaired) electrons. The van der Waals surface area contributed by atoms with Crippen LogP contribution < -0.4 is 9.47 Å². The molecule has 3 heteroatoms. The standard InChI is InChI=1S/C23H34O3/c1-15-8-9-19-22(2,3)10-7-11-23(19,4)20(15)21(24)16-12-17(25-5)14-18(13-16)26-6/h12-15,19-20H,7-11H2,1-6H3/t15-,19+,20-,23+/m1/s1. The van der Waals surface area contributed by atoms with E-state index in [0.717, 1.165) is 18.4 Å². The highest BCUT2D eigenvalue weighted by Gasteiger charge is 2.55. The van der Waals surface area contributed by atoms with Crippen molar-refractivity contribution in [1.29, 1.82) is 0 Å². The van der Waals surface area contributed by atoms with Gasteiger partial charge in [0.05, 0.1) is 14.2 Å². The highest BCUT2D eigenvalue weighted by molar-refractivity contribution is 5.99. The lowest BCUT2D eigenvalue weighted by Gasteiger charge is -2.58. The van der Waals surface area contributed by atoms with E-state index < -0.39 is 0 Å². The Bertz CT molecular complexity index is 656. The summed E-state index contributed by atoms with van der Waals surface area (Å²) in [6.07, 6.45) is 6.04. The van der Waals surface area contributed by atoms with Crippen molar-refractivity contribution in [3.63, 3.8) is 0 Å². The lowest BCUT2D eigenvalue weighted by Crippen LogP contribution is -2.53. The van der Waals surface area contributed by atoms with Gasteiger partial charge in [-0.15, -0.1) is 0 Å². The number of Topliss-reactive ketones (excluding diaryl/α,β-unsaturated/α-hetero) is 1. The molecule has 0 heterocycles. The fourth-order valence-electron chi connectivity index (χ4n) is 6.19. The van der Waals surface area contributed by atoms with E-state index in [2.05, 4.69) is 27.7 Å². The summed E-state index contributed by atoms with van der Waals surface area (Å²) in [5.41, 5.74) is 1.12. The first-order valence-electron chi connectivity index (χ1n) is 10.00. The van der Waals surface area contributed by atoms with Gasteiger partial charge in [-0.25, -0.2) is 0 Å². The Labute approximate surface area is 158 Å². The average Bonchev–Trinajstić information content (AvgIpc) is 2.59. The molecule has 0 N–H and O–H groups in total. The van der Waals surface area contributed by atoms with Crippen LogP contribution in [0.5, 0.6) is 11.5 Å². The van der Waals surface area contributed by atoms with E-state index >= 15 is 0 Å². The van der Waals surface area contributed by atoms with Crippen LogP contribution in [0.2, 0.25) is 0 Å². The summed E-state index contributed by atoms with van der Waals surface area (Å²) in [6.45, 7) is 9.46. The number of hydrogen-bond donors (Lipinski definition) is 0. The van der Waals surface area contributed by atoms with E-state index in [4.69, 9.17) is 9.47 Å². The van der Waals surface area contributed by atoms with Gasteiger partial charge in [-0.1, -0.05) is 34.1 Å². The number of rotatable bonds is 4. The molecule has 0 bridgehead atoms. The Morgan fingerprint density at radius 1 is 1.00 bits per heavy atom. The normalized spacial score (nSPS) is 33.2. The molecule has 2 aliphatic rings. The lowest BCUT2D eigenvalue weighted by atomic mass is 9.46. The fraction of sp³-hybridized carbons (Fsp3) is 0.696. The highest BCUT2D eigenvalue weighted by atomic mass is 16.5. The molecule has 0 aliphatic heterocycles. The summed E-state index contributed by atoms with van der Waals surface area (Å²) < 4.78 is 10.8. The van der Waals surface area contributed by atoms with Crippen molar-refractivity contribution in [2.75, 3.05) is 14.2 Å². The smallest absolute Gasteiger partial charge is 0.167 e. The van der Waals surface area contributed by atoms with Crippen LogP contribution in [0.4, 0.5) is 0 Å². The van der Waals surface area contributed by atoms with Crippen LogP contribution in [0, 0.1) is 28.6 Å². The summed E-state index contributed by atoms with van der Waals surface area (Å²) in [5.74, 6) is 2.72. The van der Waals surface area contributed by atoms with E-state index in [9.17, 15) is 4.79 Å². The molecule has 0 saturated heterocycles. The van der Waals surface area contributed by atoms with E-state index in [1.54, 1.807) is 14.2 Å². The van der Waals surface area contributed by atoms with Gasteiger partial charge in [-0.3, -0.25) is 4.79 Å². The van der Waals surface area contributed by atoms with Crippen molar-refractivity contribution in [2.24, 2.45) is 28.6 Å². The van der Waals surface area contributed by atoms with Crippen LogP contribution in [0.3, 0.4) is 0 Å². The highest BCUT2D eigenvalue weighted by Crippen LogP contribution is 2.61. The van der Waals surface area contributed by atoms with Crippen LogP contribution in [0.15, 0.2) is 18.2 Å². The van der Waals surface area contributed by atoms with Crippen molar-refractivity contribution >= 4 is 5.78 Å². The number of hydrogen-bond acceptors (Lipinski definition) is 3. The number of ether oxygens (including phenoxy) is 2. The van der Waals surface area contributed by atoms with Crippen molar-refractivity contribution in [1.82, 2.24) is 0 Å². The second kappa shape index (κ2) is 6.90. The zero-order valence-corrected chi connectivity index (χ0v) is 17.2. The number of fused-ring (bicyclic) bond motifs is 1. The molecule has 3 rings (SSSR count). The van der Waals surface area contributed by atoms with Gasteiger partial charge >= 0.3 is 0 Å². The summed E-state index contributed by atoms with van der Waals surface area (Å²) in [5, 5.41) is 0. The monoisotopic (exact) mass is 358 g/mol. The van der Waals surface area contributed by atoms with Crippen molar-refractivity contribution < 1.29 is 14.3 Å². The molecule has 2 aliphatic carbocycles. The van der Waals surface area contributed by atoms with Crippen molar-refractivity contribution in [3.05, 3.63) is 23.8 Å². The third-order valence-corrected chi connectivity index (χ3v) is 7.38. The maximum atomic E-state index is 13.7. The minimum absolute atomic E-state index is 0.0673. The molecule has 1 aromatic carbocycles. The number of benzene rings is 1. The first-order valence-corrected chi connectivity index (χ1v) is 10.00. The SMILES string of the molecule is COc1cc(OC)cc(C(=O)[C@H]2[C@H](C)CC[C@H]3C(C)(C)CCC[C@]23C)c1. The zero-order chi connectivity index (χ0) is 19.1. The van der Waals surface area contributed by atoms with E-state index in [1.807, 2.05) is 18.2 Å². The largest absolute Gasteiger partial charge is 0.497 e. The maximum Gasteiger partial charge on any atom is 0.167 e. The first-order chi connectivity index (χ1) is 12.2. The van der Waals surface area contributed by atoms with Crippen LogP contribution in [-0.2, 0) is 0 Å². The van der Waals surface area contributed by atoms with E-state index in [0.29, 0.717) is 28.7 Å². The molecule has 4 atom stereocenters. The van der Waals surface area contributed by atoms with E-state index in [-0.39, 0.29) is 17.1 Å². The molecular formula is C23H34O3. The van der Waals surface area contributed by atoms with Gasteiger partial charge in [-0.05, 0) is 60.5 Å². The number of methoxy groups -OCH3 is 2. The van der Waals surface area contributed by atoms with Crippen LogP contribution in [0.25, 0.3) is 0 Å². The van der Waals surface area contributed by atoms with Crippen molar-refractivity contribution in [2.45, 2.75) is 59.8 Å². The molecule has 0 aromatic heterocycles. The van der Waals surface area contributed by atoms with Crippen LogP contribution in [-0.4, -0.2) is 20.0 Å². The number of carbonyl (C=O) groups is 1. The molecule has 0 unspecified atom stereocenters. The molecule has 26 heavy (non-hydrogen) atoms. The summed E-state index contributed by atoms with van der Waals surface area (Å²) in [4.78, 5) is 13.7. The van der Waals surface area contributed by atoms with Gasteiger partial charge in [0.25, 0.3) is 0 Å². The first kappa shape index (κ1) is 19.3. The quantitative estimate of drug-likeness (QED) is 0.641. The minimum atomic E-state index is 0.0673. The molecule has 2 saturated carbocycles. The molecular weight excluding hydrogens is 324 g/mol. The van der Waals surface area contributed by atoms with Gasteiger partial charge in [-0.2, -0.15) is 0 Å². The zero-order valence-electron chi connectivity index (χ0n) is 17.2. The second-order valence-electron chi connectivity index (χ2n) is 9.40. The maximum absolute atomic E-state index is 13.7. The average molecular weight is 359 g/mol. The molecule has 0 amide bonds. The van der Waals surface area contributed by atoms with Crippen molar-refractivity contribution in [3.8, 4) is 11.5 Å². The van der Waals surface area contributed by atoms with Gasteiger partial charge in [0.1, 0.15) is 11.5 Å². The summed E-state index contributed by atoms with van der Waals surface area (Å²) in [7, 11) is 3.26. The Kier molecular flexibility index (Phi) is 5.11. The van der Waals surface area contributed by atoms with Gasteiger partial charge in [0.2, 0.25) is 0 Å². The predicted octanol–water partition coefficient (Wildman–Crippen LogP) is 5.77. The number of ketones is 1. The van der Waals surface area contributed by atoms with Crippen LogP contribution in [0.1, 0.15) is 70.2 Å². The molecule has 144 valence electrons. The molecule has 0 spiro atoms. The number of carbonyl (C=O) groups excluding carboxylic acids is 1. The molecule has 1 aromatic rings. The van der Waals surface area contributed by atoms with Crippen LogP contribution >= 0.6 is 0 Å². The van der Waals surface area contributed by atoms with Gasteiger partial charge < -0.3 is 9.47 Å². The van der Waals surface area contributed by atoms with E-state index in [1.165, 1.54) is 19.3 Å². The predicted molar refractivity (Wildman–Crippen MR) is 105 cm³/mol. The fourth-order valence-corrected chi connectivity index (χ4v) is 6.19. The Hall–Kier alpha value is -1.51. The topological polar surface area (TPSA) is 35.5 Å². The third-order valence-electron chi connectivity index (χ3n) is 7.38. The summed E-state index contributed by atoms with van der Waals surface area (Å²) >= 11 is 0. The molecule has 3 nitrogen and oxygen atoms in total. The third kappa shape index (κ3) is 3.14. The Morgan fingerprint density at radius 2 is 1.62 bits per heavy atom. The van der Waals surface area contributed by atoms with Gasteiger partial charge in [0, 0.05) is 17.5 Å². The second-order valence-corrected chi connectivity index (χ2v) is 9.40. The Morgan fingerprint density at radius 3 is 2.19 bits per heavy atom. The Balaban J connectivity index is 2.02. The lowest BCUT2D eigenvalue weighted by molar-refractivity contribution is -0.0796. The minimum Gasteiger partial charge on any atom is -0.497 e. The summed E-state index contributed by atoms with van der Waals surface area (Å²) in [6, 6.07) is 5.58. The van der Waals surface area contributed by atoms with Gasteiger partial charge in [0.15, 0.2) is 5.78 Å².